The molecule has 0 saturated heterocycles. The molecule has 6 rings (SSSR count). The number of aromatic nitrogens is 6. The van der Waals surface area contributed by atoms with Crippen molar-refractivity contribution in [3.05, 3.63) is 179 Å². The van der Waals surface area contributed by atoms with Crippen molar-refractivity contribution in [2.24, 2.45) is 0 Å². The highest BCUT2D eigenvalue weighted by atomic mass is 14.8. The molecule has 6 aromatic rings. The van der Waals surface area contributed by atoms with Crippen molar-refractivity contribution in [1.29, 1.82) is 0 Å². The fourth-order valence-corrected chi connectivity index (χ4v) is 5.76. The van der Waals surface area contributed by atoms with Gasteiger partial charge in [-0.25, -0.2) is 0 Å². The summed E-state index contributed by atoms with van der Waals surface area (Å²) in [6.45, 7) is 8.67. The molecule has 0 fully saturated rings. The van der Waals surface area contributed by atoms with Gasteiger partial charge >= 0.3 is 0 Å². The quantitative estimate of drug-likeness (QED) is 0.148. The minimum absolute atomic E-state index is 0.158. The molecular weight excluding hydrogens is 564 g/mol. The molecule has 0 saturated carbocycles. The van der Waals surface area contributed by atoms with Crippen LogP contribution in [0.15, 0.2) is 122 Å². The molecule has 6 nitrogen and oxygen atoms in total. The number of hydrogen-bond donors (Lipinski definition) is 0. The lowest BCUT2D eigenvalue weighted by atomic mass is 9.94. The Morgan fingerprint density at radius 2 is 0.717 bits per heavy atom. The molecule has 6 heteroatoms. The Labute approximate surface area is 272 Å². The molecule has 0 aliphatic rings. The molecule has 0 spiro atoms. The van der Waals surface area contributed by atoms with Gasteiger partial charge in [-0.1, -0.05) is 64.1 Å². The number of nitrogens with zero attached hydrogens (tertiary/aromatic N) is 6. The maximum Gasteiger partial charge on any atom is 0.0858 e. The summed E-state index contributed by atoms with van der Waals surface area (Å²) < 4.78 is 0. The average molecular weight is 605 g/mol. The summed E-state index contributed by atoms with van der Waals surface area (Å²) in [6.07, 6.45) is 5.19. The van der Waals surface area contributed by atoms with E-state index in [1.165, 1.54) is 0 Å². The minimum Gasteiger partial charge on any atom is -0.260 e. The van der Waals surface area contributed by atoms with Crippen LogP contribution >= 0.6 is 0 Å². The van der Waals surface area contributed by atoms with Crippen LogP contribution in [0.2, 0.25) is 0 Å². The number of hydrogen-bond acceptors (Lipinski definition) is 6. The average Bonchev–Trinajstić information content (AvgIpc) is 3.09. The first kappa shape index (κ1) is 30.9. The highest BCUT2D eigenvalue weighted by Crippen LogP contribution is 2.31. The third-order valence-electron chi connectivity index (χ3n) is 8.21. The van der Waals surface area contributed by atoms with Gasteiger partial charge in [-0.05, 0) is 97.5 Å². The van der Waals surface area contributed by atoms with Crippen LogP contribution < -0.4 is 0 Å². The van der Waals surface area contributed by atoms with Crippen LogP contribution in [0.25, 0.3) is 0 Å². The van der Waals surface area contributed by atoms with Crippen molar-refractivity contribution in [1.82, 2.24) is 29.9 Å². The normalized spacial score (nSPS) is 12.7. The predicted molar refractivity (Wildman–Crippen MR) is 183 cm³/mol. The van der Waals surface area contributed by atoms with E-state index in [-0.39, 0.29) is 11.8 Å². The third-order valence-corrected chi connectivity index (χ3v) is 8.21. The Kier molecular flexibility index (Phi) is 9.63. The number of rotatable bonds is 11. The van der Waals surface area contributed by atoms with Gasteiger partial charge in [-0.15, -0.1) is 0 Å². The van der Waals surface area contributed by atoms with Crippen molar-refractivity contribution >= 4 is 0 Å². The SMILES string of the molecule is CC(C)c1cccc([C@H](c2ccccn2)c2cccc(CCc3cccc([C@@H](c4ccccn4)c4cccc(C(C)C)n4)n3)n2)n1. The van der Waals surface area contributed by atoms with E-state index >= 15 is 0 Å². The van der Waals surface area contributed by atoms with E-state index in [9.17, 15) is 0 Å². The molecule has 0 unspecified atom stereocenters. The van der Waals surface area contributed by atoms with Gasteiger partial charge in [0.2, 0.25) is 0 Å². The minimum atomic E-state index is -0.158. The highest BCUT2D eigenvalue weighted by Gasteiger charge is 2.23. The molecule has 0 aliphatic carbocycles. The van der Waals surface area contributed by atoms with E-state index in [1.54, 1.807) is 0 Å². The summed E-state index contributed by atoms with van der Waals surface area (Å²) in [5, 5.41) is 0. The zero-order chi connectivity index (χ0) is 31.9. The monoisotopic (exact) mass is 604 g/mol. The first-order chi connectivity index (χ1) is 22.5. The second-order valence-corrected chi connectivity index (χ2v) is 12.3. The molecule has 0 bridgehead atoms. The highest BCUT2D eigenvalue weighted by molar-refractivity contribution is 5.37. The molecule has 6 aromatic heterocycles. The second kappa shape index (κ2) is 14.3. The van der Waals surface area contributed by atoms with Gasteiger partial charge in [0.15, 0.2) is 0 Å². The maximum atomic E-state index is 5.17. The van der Waals surface area contributed by atoms with Crippen molar-refractivity contribution in [2.45, 2.75) is 64.2 Å². The first-order valence-electron chi connectivity index (χ1n) is 16.1. The van der Waals surface area contributed by atoms with Crippen molar-refractivity contribution < 1.29 is 0 Å². The van der Waals surface area contributed by atoms with E-state index in [0.29, 0.717) is 11.8 Å². The van der Waals surface area contributed by atoms with Crippen LogP contribution in [0, 0.1) is 0 Å². The van der Waals surface area contributed by atoms with Gasteiger partial charge in [-0.3, -0.25) is 29.9 Å². The van der Waals surface area contributed by atoms with Gasteiger partial charge in [-0.2, -0.15) is 0 Å². The largest absolute Gasteiger partial charge is 0.260 e. The van der Waals surface area contributed by atoms with E-state index in [4.69, 9.17) is 29.9 Å². The molecule has 2 atom stereocenters. The summed E-state index contributed by atoms with van der Waals surface area (Å²) in [7, 11) is 0. The lowest BCUT2D eigenvalue weighted by Crippen LogP contribution is -2.12. The lowest BCUT2D eigenvalue weighted by molar-refractivity contribution is 0.762. The molecule has 0 radical (unpaired) electrons. The fourth-order valence-electron chi connectivity index (χ4n) is 5.76. The molecule has 230 valence electrons. The van der Waals surface area contributed by atoms with Crippen molar-refractivity contribution in [3.8, 4) is 0 Å². The Bertz CT molecular complexity index is 1730. The van der Waals surface area contributed by atoms with E-state index in [1.807, 2.05) is 36.7 Å². The standard InChI is InChI=1S/C40H40N6/c1-27(2)31-17-11-21-37(45-31)39(33-15-5-7-25-41-33)35-19-9-13-29(43-35)23-24-30-14-10-20-36(44-30)40(34-16-6-8-26-42-34)38-22-12-18-32(46-38)28(3)4/h5-22,25-28,39-40H,23-24H2,1-4H3/t39-,40-/m1/s1. The number of pyridine rings is 6. The van der Waals surface area contributed by atoms with Crippen LogP contribution in [-0.2, 0) is 12.8 Å². The number of aryl methyl sites for hydroxylation is 2. The van der Waals surface area contributed by atoms with Crippen LogP contribution in [-0.4, -0.2) is 29.9 Å². The predicted octanol–water partition coefficient (Wildman–Crippen LogP) is 8.45. The van der Waals surface area contributed by atoms with E-state index in [0.717, 1.165) is 69.8 Å². The van der Waals surface area contributed by atoms with Gasteiger partial charge in [0.1, 0.15) is 0 Å². The Hall–Kier alpha value is -5.10. The molecule has 0 N–H and O–H groups in total. The van der Waals surface area contributed by atoms with E-state index < -0.39 is 0 Å². The van der Waals surface area contributed by atoms with Crippen LogP contribution in [0.5, 0.6) is 0 Å². The van der Waals surface area contributed by atoms with Gasteiger partial charge < -0.3 is 0 Å². The summed E-state index contributed by atoms with van der Waals surface area (Å²) in [4.78, 5) is 29.9. The molecule has 6 heterocycles. The van der Waals surface area contributed by atoms with Gasteiger partial charge in [0, 0.05) is 35.2 Å². The van der Waals surface area contributed by atoms with Crippen molar-refractivity contribution in [2.75, 3.05) is 0 Å². The third kappa shape index (κ3) is 7.23. The van der Waals surface area contributed by atoms with Crippen LogP contribution in [0.1, 0.15) is 108 Å². The maximum absolute atomic E-state index is 5.17. The second-order valence-electron chi connectivity index (χ2n) is 12.3. The molecular formula is C40H40N6. The van der Waals surface area contributed by atoms with Crippen molar-refractivity contribution in [3.63, 3.8) is 0 Å². The molecule has 0 amide bonds. The Morgan fingerprint density at radius 1 is 0.370 bits per heavy atom. The molecule has 46 heavy (non-hydrogen) atoms. The van der Waals surface area contributed by atoms with Crippen LogP contribution in [0.3, 0.4) is 0 Å². The zero-order valence-electron chi connectivity index (χ0n) is 27.0. The summed E-state index contributed by atoms with van der Waals surface area (Å²) in [6, 6.07) is 37.1. The Morgan fingerprint density at radius 3 is 1.09 bits per heavy atom. The van der Waals surface area contributed by atoms with Gasteiger partial charge in [0.25, 0.3) is 0 Å². The van der Waals surface area contributed by atoms with Crippen LogP contribution in [0.4, 0.5) is 0 Å². The topological polar surface area (TPSA) is 77.3 Å². The summed E-state index contributed by atoms with van der Waals surface area (Å²) in [5.41, 5.74) is 9.83. The summed E-state index contributed by atoms with van der Waals surface area (Å²) >= 11 is 0. The molecule has 0 aromatic carbocycles. The fraction of sp³-hybridized carbons (Fsp3) is 0.250. The summed E-state index contributed by atoms with van der Waals surface area (Å²) in [5.74, 6) is 0.349. The lowest BCUT2D eigenvalue weighted by Gasteiger charge is -2.19. The van der Waals surface area contributed by atoms with E-state index in [2.05, 4.69) is 113 Å². The van der Waals surface area contributed by atoms with Gasteiger partial charge in [0.05, 0.1) is 46.0 Å². The zero-order valence-corrected chi connectivity index (χ0v) is 27.0. The Balaban J connectivity index is 1.29. The first-order valence-corrected chi connectivity index (χ1v) is 16.1. The smallest absolute Gasteiger partial charge is 0.0858 e. The molecule has 0 aliphatic heterocycles.